The van der Waals surface area contributed by atoms with Gasteiger partial charge in [-0.1, -0.05) is 23.2 Å². The number of nitrogens with two attached hydrogens (primary N) is 1. The number of rotatable bonds is 3. The second-order valence-corrected chi connectivity index (χ2v) is 6.26. The molecule has 26 heavy (non-hydrogen) atoms. The van der Waals surface area contributed by atoms with E-state index in [9.17, 15) is 15.0 Å². The summed E-state index contributed by atoms with van der Waals surface area (Å²) < 4.78 is 0. The van der Waals surface area contributed by atoms with Gasteiger partial charge in [0.2, 0.25) is 5.78 Å². The summed E-state index contributed by atoms with van der Waals surface area (Å²) in [7, 11) is 0. The summed E-state index contributed by atoms with van der Waals surface area (Å²) in [6.45, 7) is 0. The Kier molecular flexibility index (Phi) is 4.88. The van der Waals surface area contributed by atoms with Gasteiger partial charge in [-0.25, -0.2) is 4.99 Å². The molecule has 0 radical (unpaired) electrons. The number of ketones is 1. The SMILES string of the molecule is NC1=CC(=O)C(Nc2ccc(O)cc2Cl)=CC1=Nc1ccc(O)cc1Cl. The van der Waals surface area contributed by atoms with Gasteiger partial charge in [0, 0.05) is 18.2 Å². The minimum absolute atomic E-state index is 0.0119. The van der Waals surface area contributed by atoms with Gasteiger partial charge in [0.05, 0.1) is 38.5 Å². The van der Waals surface area contributed by atoms with Crippen LogP contribution in [0.25, 0.3) is 0 Å². The van der Waals surface area contributed by atoms with Crippen molar-refractivity contribution in [1.82, 2.24) is 0 Å². The van der Waals surface area contributed by atoms with E-state index in [0.717, 1.165) is 0 Å². The third-order valence-electron chi connectivity index (χ3n) is 3.52. The van der Waals surface area contributed by atoms with Crippen molar-refractivity contribution in [2.24, 2.45) is 10.7 Å². The minimum Gasteiger partial charge on any atom is -0.508 e. The molecule has 132 valence electrons. The van der Waals surface area contributed by atoms with E-state index in [1.165, 1.54) is 42.5 Å². The van der Waals surface area contributed by atoms with E-state index in [0.29, 0.717) is 17.1 Å². The maximum atomic E-state index is 12.2. The molecule has 1 aliphatic rings. The van der Waals surface area contributed by atoms with Crippen LogP contribution in [0.15, 0.2) is 64.9 Å². The fourth-order valence-corrected chi connectivity index (χ4v) is 2.68. The van der Waals surface area contributed by atoms with Crippen LogP contribution >= 0.6 is 23.2 Å². The van der Waals surface area contributed by atoms with Gasteiger partial charge < -0.3 is 21.3 Å². The van der Waals surface area contributed by atoms with Gasteiger partial charge >= 0.3 is 0 Å². The Bertz CT molecular complexity index is 997. The predicted molar refractivity (Wildman–Crippen MR) is 102 cm³/mol. The third kappa shape index (κ3) is 3.82. The maximum absolute atomic E-state index is 12.2. The van der Waals surface area contributed by atoms with Gasteiger partial charge in [0.1, 0.15) is 11.5 Å². The molecule has 0 heterocycles. The highest BCUT2D eigenvalue weighted by atomic mass is 35.5. The lowest BCUT2D eigenvalue weighted by Gasteiger charge is -2.15. The molecule has 3 rings (SSSR count). The van der Waals surface area contributed by atoms with Crippen LogP contribution in [0.1, 0.15) is 0 Å². The van der Waals surface area contributed by atoms with Gasteiger partial charge in [0.25, 0.3) is 0 Å². The highest BCUT2D eigenvalue weighted by Crippen LogP contribution is 2.30. The standard InChI is InChI=1S/C18H13Cl2N3O3/c19-11-5-9(24)1-3-14(11)22-16-8-17(18(26)7-13(16)21)23-15-4-2-10(25)6-12(15)20/h1-8,23-25H,21H2. The van der Waals surface area contributed by atoms with E-state index in [1.54, 1.807) is 6.07 Å². The number of halogens is 2. The normalized spacial score (nSPS) is 15.6. The van der Waals surface area contributed by atoms with Crippen LogP contribution in [0, 0.1) is 0 Å². The molecule has 0 unspecified atom stereocenters. The number of phenolic OH excluding ortho intramolecular Hbond substituents is 2. The summed E-state index contributed by atoms with van der Waals surface area (Å²) in [6.07, 6.45) is 2.72. The van der Waals surface area contributed by atoms with Crippen molar-refractivity contribution in [1.29, 1.82) is 0 Å². The summed E-state index contributed by atoms with van der Waals surface area (Å²) in [5.74, 6) is -0.318. The highest BCUT2D eigenvalue weighted by molar-refractivity contribution is 6.34. The molecule has 0 fully saturated rings. The van der Waals surface area contributed by atoms with Crippen LogP contribution < -0.4 is 11.1 Å². The predicted octanol–water partition coefficient (Wildman–Crippen LogP) is 3.90. The van der Waals surface area contributed by atoms with Crippen LogP contribution in [0.4, 0.5) is 11.4 Å². The van der Waals surface area contributed by atoms with Crippen molar-refractivity contribution < 1.29 is 15.0 Å². The monoisotopic (exact) mass is 389 g/mol. The lowest BCUT2D eigenvalue weighted by atomic mass is 10.1. The Hall–Kier alpha value is -2.96. The van der Waals surface area contributed by atoms with Crippen molar-refractivity contribution in [3.63, 3.8) is 0 Å². The van der Waals surface area contributed by atoms with Crippen molar-refractivity contribution in [2.45, 2.75) is 0 Å². The quantitative estimate of drug-likeness (QED) is 0.470. The number of anilines is 1. The van der Waals surface area contributed by atoms with Crippen molar-refractivity contribution >= 4 is 46.1 Å². The minimum atomic E-state index is -0.345. The number of nitrogens with one attached hydrogen (secondary N) is 1. The molecular formula is C18H13Cl2N3O3. The lowest BCUT2D eigenvalue weighted by molar-refractivity contribution is -0.111. The number of carbonyl (C=O) groups is 1. The van der Waals surface area contributed by atoms with Gasteiger partial charge in [0.15, 0.2) is 0 Å². The van der Waals surface area contributed by atoms with Crippen LogP contribution in [0.2, 0.25) is 10.0 Å². The number of carbonyl (C=O) groups excluding carboxylic acids is 1. The summed E-state index contributed by atoms with van der Waals surface area (Å²) in [5, 5.41) is 22.2. The first-order chi connectivity index (χ1) is 12.3. The fraction of sp³-hybridized carbons (Fsp3) is 0. The Labute approximate surface area is 158 Å². The molecule has 0 atom stereocenters. The molecule has 0 spiro atoms. The number of benzene rings is 2. The summed E-state index contributed by atoms with van der Waals surface area (Å²) in [6, 6.07) is 8.67. The van der Waals surface area contributed by atoms with Gasteiger partial charge in [-0.3, -0.25) is 4.79 Å². The summed E-state index contributed by atoms with van der Waals surface area (Å²) in [5.41, 5.74) is 7.44. The number of aromatic hydroxyl groups is 2. The number of allylic oxidation sites excluding steroid dienone is 2. The van der Waals surface area contributed by atoms with Crippen LogP contribution in [0.5, 0.6) is 11.5 Å². The zero-order chi connectivity index (χ0) is 18.8. The number of hydrogen-bond acceptors (Lipinski definition) is 6. The summed E-state index contributed by atoms with van der Waals surface area (Å²) >= 11 is 12.1. The zero-order valence-corrected chi connectivity index (χ0v) is 14.7. The average Bonchev–Trinajstić information content (AvgIpc) is 2.56. The maximum Gasteiger partial charge on any atom is 0.204 e. The van der Waals surface area contributed by atoms with Crippen molar-refractivity contribution in [2.75, 3.05) is 5.32 Å². The first-order valence-corrected chi connectivity index (χ1v) is 8.15. The first-order valence-electron chi connectivity index (χ1n) is 7.40. The smallest absolute Gasteiger partial charge is 0.204 e. The van der Waals surface area contributed by atoms with Gasteiger partial charge in [-0.05, 0) is 30.3 Å². The molecule has 8 heteroatoms. The van der Waals surface area contributed by atoms with E-state index >= 15 is 0 Å². The Morgan fingerprint density at radius 3 is 2.27 bits per heavy atom. The molecular weight excluding hydrogens is 377 g/mol. The molecule has 0 bridgehead atoms. The van der Waals surface area contributed by atoms with E-state index in [2.05, 4.69) is 10.3 Å². The van der Waals surface area contributed by atoms with E-state index in [-0.39, 0.29) is 38.7 Å². The highest BCUT2D eigenvalue weighted by Gasteiger charge is 2.18. The summed E-state index contributed by atoms with van der Waals surface area (Å²) in [4.78, 5) is 16.5. The van der Waals surface area contributed by atoms with Gasteiger partial charge in [-0.15, -0.1) is 0 Å². The second-order valence-electron chi connectivity index (χ2n) is 5.44. The van der Waals surface area contributed by atoms with Crippen molar-refractivity contribution in [3.8, 4) is 11.5 Å². The molecule has 6 nitrogen and oxygen atoms in total. The Balaban J connectivity index is 1.96. The number of nitrogens with zero attached hydrogens (tertiary/aromatic N) is 1. The topological polar surface area (TPSA) is 108 Å². The molecule has 0 aliphatic heterocycles. The number of phenols is 2. The van der Waals surface area contributed by atoms with E-state index in [4.69, 9.17) is 28.9 Å². The zero-order valence-electron chi connectivity index (χ0n) is 13.2. The molecule has 5 N–H and O–H groups in total. The Morgan fingerprint density at radius 1 is 0.962 bits per heavy atom. The second kappa shape index (κ2) is 7.11. The molecule has 0 aromatic heterocycles. The largest absolute Gasteiger partial charge is 0.508 e. The molecule has 2 aromatic carbocycles. The average molecular weight is 390 g/mol. The molecule has 0 saturated carbocycles. The van der Waals surface area contributed by atoms with E-state index in [1.807, 2.05) is 0 Å². The lowest BCUT2D eigenvalue weighted by Crippen LogP contribution is -2.22. The van der Waals surface area contributed by atoms with Crippen LogP contribution in [-0.2, 0) is 4.79 Å². The van der Waals surface area contributed by atoms with E-state index < -0.39 is 0 Å². The third-order valence-corrected chi connectivity index (χ3v) is 4.14. The molecule has 0 saturated heterocycles. The van der Waals surface area contributed by atoms with Gasteiger partial charge in [-0.2, -0.15) is 0 Å². The molecule has 0 amide bonds. The van der Waals surface area contributed by atoms with Crippen molar-refractivity contribution in [3.05, 3.63) is 70.0 Å². The number of hydrogen-bond donors (Lipinski definition) is 4. The van der Waals surface area contributed by atoms with Crippen LogP contribution in [-0.4, -0.2) is 21.7 Å². The first kappa shape index (κ1) is 17.8. The number of aliphatic imine (C=N–C) groups is 1. The van der Waals surface area contributed by atoms with Crippen LogP contribution in [0.3, 0.4) is 0 Å². The fourth-order valence-electron chi connectivity index (χ4n) is 2.25. The molecule has 2 aromatic rings. The molecule has 1 aliphatic carbocycles. The Morgan fingerprint density at radius 2 is 1.62 bits per heavy atom.